The number of carbonyl (C=O) groups is 1. The number of nitrogens with one attached hydrogen (secondary N) is 3. The molecule has 1 fully saturated rings. The Morgan fingerprint density at radius 3 is 2.53 bits per heavy atom. The number of ether oxygens (including phenoxy) is 1. The van der Waals surface area contributed by atoms with Gasteiger partial charge in [0.25, 0.3) is 0 Å². The minimum atomic E-state index is -0.727. The molecule has 34 heavy (non-hydrogen) atoms. The van der Waals surface area contributed by atoms with Gasteiger partial charge >= 0.3 is 6.03 Å². The van der Waals surface area contributed by atoms with E-state index >= 15 is 0 Å². The van der Waals surface area contributed by atoms with Gasteiger partial charge in [-0.25, -0.2) is 9.78 Å². The van der Waals surface area contributed by atoms with E-state index in [-0.39, 0.29) is 12.6 Å². The van der Waals surface area contributed by atoms with Gasteiger partial charge in [0.05, 0.1) is 23.7 Å². The summed E-state index contributed by atoms with van der Waals surface area (Å²) in [5.41, 5.74) is 5.11. The normalized spacial score (nSPS) is 19.9. The van der Waals surface area contributed by atoms with Crippen molar-refractivity contribution in [3.8, 4) is 0 Å². The summed E-state index contributed by atoms with van der Waals surface area (Å²) in [5.74, 6) is 0.585. The molecule has 1 aliphatic rings. The number of H-pyrrole nitrogens is 1. The Kier molecular flexibility index (Phi) is 6.27. The van der Waals surface area contributed by atoms with Crippen LogP contribution in [0, 0.1) is 0 Å². The molecule has 1 aliphatic heterocycles. The van der Waals surface area contributed by atoms with Crippen molar-refractivity contribution >= 4 is 28.4 Å². The second kappa shape index (κ2) is 9.64. The summed E-state index contributed by atoms with van der Waals surface area (Å²) in [4.78, 5) is 20.3. The number of rotatable bonds is 6. The molecule has 1 aromatic heterocycles. The standard InChI is InChI=1S/C26H26N4O4/c31-15-24-22(32)14-23(34-24)25-29-20-10-9-19(13-21(20)30-25)28-26(33)27-18-8-4-7-17(12-18)11-16-5-2-1-3-6-16/h1-10,12-13,22-24,31-32H,11,14-15H2,(H,29,30)(H2,27,28,33)/t22-,23+,24+/m0/s1. The van der Waals surface area contributed by atoms with E-state index in [0.29, 0.717) is 23.6 Å². The Morgan fingerprint density at radius 2 is 1.76 bits per heavy atom. The number of nitrogens with zero attached hydrogens (tertiary/aromatic N) is 1. The molecule has 0 radical (unpaired) electrons. The van der Waals surface area contributed by atoms with E-state index < -0.39 is 18.3 Å². The zero-order chi connectivity index (χ0) is 23.5. The Morgan fingerprint density at radius 1 is 1.00 bits per heavy atom. The molecule has 2 heterocycles. The number of fused-ring (bicyclic) bond motifs is 1. The lowest BCUT2D eigenvalue weighted by Gasteiger charge is -2.10. The average molecular weight is 459 g/mol. The molecule has 174 valence electrons. The molecule has 3 atom stereocenters. The van der Waals surface area contributed by atoms with Crippen LogP contribution in [0.2, 0.25) is 0 Å². The van der Waals surface area contributed by atoms with Gasteiger partial charge < -0.3 is 30.6 Å². The largest absolute Gasteiger partial charge is 0.394 e. The molecule has 0 bridgehead atoms. The topological polar surface area (TPSA) is 120 Å². The summed E-state index contributed by atoms with van der Waals surface area (Å²) in [6, 6.07) is 23.0. The van der Waals surface area contributed by atoms with Crippen LogP contribution in [0.5, 0.6) is 0 Å². The number of hydrogen-bond acceptors (Lipinski definition) is 5. The number of aromatic amines is 1. The van der Waals surface area contributed by atoms with E-state index in [0.717, 1.165) is 23.0 Å². The van der Waals surface area contributed by atoms with Crippen LogP contribution in [0.1, 0.15) is 29.5 Å². The lowest BCUT2D eigenvalue weighted by molar-refractivity contribution is -0.0244. The zero-order valence-electron chi connectivity index (χ0n) is 18.4. The number of aliphatic hydroxyl groups excluding tert-OH is 2. The molecule has 2 amide bonds. The third-order valence-electron chi connectivity index (χ3n) is 5.90. The molecule has 0 aliphatic carbocycles. The van der Waals surface area contributed by atoms with Crippen LogP contribution in [0.4, 0.5) is 16.2 Å². The highest BCUT2D eigenvalue weighted by atomic mass is 16.5. The molecule has 8 heteroatoms. The van der Waals surface area contributed by atoms with Crippen LogP contribution in [0.3, 0.4) is 0 Å². The molecule has 8 nitrogen and oxygen atoms in total. The third kappa shape index (κ3) is 4.94. The van der Waals surface area contributed by atoms with E-state index in [1.165, 1.54) is 5.56 Å². The summed E-state index contributed by atoms with van der Waals surface area (Å²) in [6.07, 6.45) is -0.595. The summed E-state index contributed by atoms with van der Waals surface area (Å²) < 4.78 is 5.67. The van der Waals surface area contributed by atoms with Gasteiger partial charge in [-0.2, -0.15) is 0 Å². The summed E-state index contributed by atoms with van der Waals surface area (Å²) >= 11 is 0. The van der Waals surface area contributed by atoms with Crippen molar-refractivity contribution in [1.29, 1.82) is 0 Å². The zero-order valence-corrected chi connectivity index (χ0v) is 18.4. The van der Waals surface area contributed by atoms with Crippen LogP contribution >= 0.6 is 0 Å². The first-order valence-electron chi connectivity index (χ1n) is 11.2. The van der Waals surface area contributed by atoms with Crippen LogP contribution in [-0.4, -0.2) is 45.0 Å². The van der Waals surface area contributed by atoms with Crippen molar-refractivity contribution in [1.82, 2.24) is 9.97 Å². The maximum absolute atomic E-state index is 12.6. The number of anilines is 2. The number of urea groups is 1. The first-order valence-corrected chi connectivity index (χ1v) is 11.2. The van der Waals surface area contributed by atoms with Crippen molar-refractivity contribution in [3.05, 3.63) is 89.7 Å². The van der Waals surface area contributed by atoms with Crippen molar-refractivity contribution in [2.75, 3.05) is 17.2 Å². The van der Waals surface area contributed by atoms with Gasteiger partial charge in [0.2, 0.25) is 0 Å². The minimum Gasteiger partial charge on any atom is -0.394 e. The molecule has 0 saturated carbocycles. The van der Waals surface area contributed by atoms with Crippen LogP contribution < -0.4 is 10.6 Å². The SMILES string of the molecule is O=C(Nc1cccc(Cc2ccccc2)c1)Nc1ccc2nc([C@H]3C[C@H](O)[C@@H](CO)O3)[nH]c2c1. The summed E-state index contributed by atoms with van der Waals surface area (Å²) in [5, 5.41) is 25.0. The highest BCUT2D eigenvalue weighted by Crippen LogP contribution is 2.32. The number of imidazole rings is 1. The third-order valence-corrected chi connectivity index (χ3v) is 5.90. The second-order valence-electron chi connectivity index (χ2n) is 8.44. The van der Waals surface area contributed by atoms with Gasteiger partial charge in [-0.3, -0.25) is 0 Å². The van der Waals surface area contributed by atoms with Gasteiger partial charge in [-0.05, 0) is 47.9 Å². The summed E-state index contributed by atoms with van der Waals surface area (Å²) in [6.45, 7) is -0.240. The number of benzene rings is 3. The van der Waals surface area contributed by atoms with Crippen molar-refractivity contribution in [3.63, 3.8) is 0 Å². The molecule has 1 saturated heterocycles. The van der Waals surface area contributed by atoms with Crippen LogP contribution in [0.15, 0.2) is 72.8 Å². The first-order chi connectivity index (χ1) is 16.6. The second-order valence-corrected chi connectivity index (χ2v) is 8.44. The number of carbonyl (C=O) groups excluding carboxylic acids is 1. The number of hydrogen-bond donors (Lipinski definition) is 5. The highest BCUT2D eigenvalue weighted by Gasteiger charge is 2.35. The van der Waals surface area contributed by atoms with Crippen LogP contribution in [0.25, 0.3) is 11.0 Å². The molecule has 4 aromatic rings. The van der Waals surface area contributed by atoms with E-state index in [1.54, 1.807) is 18.2 Å². The predicted molar refractivity (Wildman–Crippen MR) is 130 cm³/mol. The molecular weight excluding hydrogens is 432 g/mol. The van der Waals surface area contributed by atoms with Crippen molar-refractivity contribution < 1.29 is 19.7 Å². The fourth-order valence-corrected chi connectivity index (χ4v) is 4.21. The van der Waals surface area contributed by atoms with Gasteiger partial charge in [0.15, 0.2) is 0 Å². The highest BCUT2D eigenvalue weighted by molar-refractivity contribution is 6.00. The van der Waals surface area contributed by atoms with E-state index in [9.17, 15) is 15.0 Å². The molecule has 0 spiro atoms. The van der Waals surface area contributed by atoms with Gasteiger partial charge in [-0.1, -0.05) is 42.5 Å². The smallest absolute Gasteiger partial charge is 0.323 e. The summed E-state index contributed by atoms with van der Waals surface area (Å²) in [7, 11) is 0. The predicted octanol–water partition coefficient (Wildman–Crippen LogP) is 3.98. The molecule has 3 aromatic carbocycles. The Labute approximate surface area is 196 Å². The Hall–Kier alpha value is -3.72. The average Bonchev–Trinajstić information content (AvgIpc) is 3.42. The number of aromatic nitrogens is 2. The molecule has 0 unspecified atom stereocenters. The van der Waals surface area contributed by atoms with E-state index in [4.69, 9.17) is 4.74 Å². The van der Waals surface area contributed by atoms with Gasteiger partial charge in [0, 0.05) is 17.8 Å². The monoisotopic (exact) mass is 458 g/mol. The van der Waals surface area contributed by atoms with Gasteiger partial charge in [0.1, 0.15) is 18.0 Å². The number of aliphatic hydroxyl groups is 2. The molecule has 5 N–H and O–H groups in total. The van der Waals surface area contributed by atoms with Crippen molar-refractivity contribution in [2.24, 2.45) is 0 Å². The quantitative estimate of drug-likeness (QED) is 0.299. The molecule has 5 rings (SSSR count). The minimum absolute atomic E-state index is 0.240. The Balaban J connectivity index is 1.24. The fraction of sp³-hybridized carbons (Fsp3) is 0.231. The first kappa shape index (κ1) is 22.1. The maximum Gasteiger partial charge on any atom is 0.323 e. The lowest BCUT2D eigenvalue weighted by Crippen LogP contribution is -2.24. The van der Waals surface area contributed by atoms with E-state index in [2.05, 4.69) is 32.7 Å². The maximum atomic E-state index is 12.6. The number of amides is 2. The fourth-order valence-electron chi connectivity index (χ4n) is 4.21. The molecular formula is C26H26N4O4. The Bertz CT molecular complexity index is 1290. The van der Waals surface area contributed by atoms with E-state index in [1.807, 2.05) is 42.5 Å². The van der Waals surface area contributed by atoms with Crippen molar-refractivity contribution in [2.45, 2.75) is 31.2 Å². The van der Waals surface area contributed by atoms with Crippen LogP contribution in [-0.2, 0) is 11.2 Å². The lowest BCUT2D eigenvalue weighted by atomic mass is 10.0. The van der Waals surface area contributed by atoms with Gasteiger partial charge in [-0.15, -0.1) is 0 Å².